The maximum atomic E-state index is 3.25. The zero-order chi connectivity index (χ0) is 20.2. The second kappa shape index (κ2) is 331. The molecular formula is C22H47NNi-10. The fraction of sp³-hybridized carbons (Fsp3) is 0.364. The van der Waals surface area contributed by atoms with Crippen LogP contribution in [-0.2, 0) is 16.5 Å². The van der Waals surface area contributed by atoms with Crippen LogP contribution >= 0.6 is 0 Å². The Bertz CT molecular complexity index is 83.9. The van der Waals surface area contributed by atoms with Gasteiger partial charge in [-0.2, -0.15) is 91.8 Å². The van der Waals surface area contributed by atoms with Crippen molar-refractivity contribution < 1.29 is 16.5 Å². The maximum absolute atomic E-state index is 3.25. The van der Waals surface area contributed by atoms with E-state index in [1.165, 1.54) is 0 Å². The average Bonchev–Trinajstić information content (AvgIpc) is 2.75. The van der Waals surface area contributed by atoms with Crippen LogP contribution in [0.25, 0.3) is 6.15 Å². The van der Waals surface area contributed by atoms with E-state index in [1.54, 1.807) is 55.4 Å². The predicted molar refractivity (Wildman–Crippen MR) is 119 cm³/mol. The zero-order valence-corrected chi connectivity index (χ0v) is 18.9. The largest absolute Gasteiger partial charge is 0.693 e. The normalized spacial score (nSPS) is 4.00. The van der Waals surface area contributed by atoms with Gasteiger partial charge in [0.15, 0.2) is 0 Å². The summed E-state index contributed by atoms with van der Waals surface area (Å²) in [7, 11) is 0. The van der Waals surface area contributed by atoms with Gasteiger partial charge in [-0.15, -0.1) is 0 Å². The molecule has 0 aliphatic carbocycles. The summed E-state index contributed by atoms with van der Waals surface area (Å²) in [4.78, 5) is 0. The van der Waals surface area contributed by atoms with E-state index in [1.807, 2.05) is 30.3 Å². The first kappa shape index (κ1) is 65.1. The Balaban J connectivity index is -0.0000000122. The topological polar surface area (TPSA) is 33.5 Å². The van der Waals surface area contributed by atoms with Crippen LogP contribution in [0, 0.1) is 61.5 Å². The van der Waals surface area contributed by atoms with E-state index in [0.717, 1.165) is 0 Å². The van der Waals surface area contributed by atoms with Crippen LogP contribution in [0.2, 0.25) is 0 Å². The molecule has 0 fully saturated rings. The third kappa shape index (κ3) is 288. The molecule has 1 aromatic rings. The number of rotatable bonds is 0. The molecule has 1 aromatic carbocycles. The summed E-state index contributed by atoms with van der Waals surface area (Å²) in [5.41, 5.74) is 0. The van der Waals surface area contributed by atoms with Crippen LogP contribution in [0.3, 0.4) is 0 Å². The summed E-state index contributed by atoms with van der Waals surface area (Å²) in [6.07, 6.45) is 0. The van der Waals surface area contributed by atoms with E-state index in [9.17, 15) is 0 Å². The molecule has 0 aromatic heterocycles. The molecule has 0 heterocycles. The molecule has 1 nitrogen and oxygen atoms in total. The van der Waals surface area contributed by atoms with Crippen molar-refractivity contribution in [1.29, 1.82) is 0 Å². The van der Waals surface area contributed by atoms with Crippen LogP contribution < -0.4 is 0 Å². The van der Waals surface area contributed by atoms with Gasteiger partial charge in [-0.05, 0) is 0 Å². The van der Waals surface area contributed by atoms with Crippen molar-refractivity contribution in [2.75, 3.05) is 0 Å². The van der Waals surface area contributed by atoms with Gasteiger partial charge in [-0.25, -0.2) is 0 Å². The molecule has 2 heteroatoms. The molecule has 1 rings (SSSR count). The van der Waals surface area contributed by atoms with Crippen LogP contribution in [0.1, 0.15) is 55.4 Å². The van der Waals surface area contributed by atoms with E-state index in [4.69, 9.17) is 0 Å². The summed E-state index contributed by atoms with van der Waals surface area (Å²) in [6, 6.07) is 12.5. The van der Waals surface area contributed by atoms with Crippen molar-refractivity contribution in [3.8, 4) is 0 Å². The van der Waals surface area contributed by atoms with Crippen LogP contribution in [0.4, 0.5) is 0 Å². The molecular weight excluding hydrogens is 337 g/mol. The predicted octanol–water partition coefficient (Wildman–Crippen LogP) is 8.92. The van der Waals surface area contributed by atoms with E-state index < -0.39 is 0 Å². The van der Waals surface area contributed by atoms with Gasteiger partial charge in [0.25, 0.3) is 0 Å². The minimum atomic E-state index is 0. The molecule has 0 amide bonds. The molecule has 0 aliphatic rings. The summed E-state index contributed by atoms with van der Waals surface area (Å²) < 4.78 is 0. The fourth-order valence-electron chi connectivity index (χ4n) is 0.342. The van der Waals surface area contributed by atoms with Crippen molar-refractivity contribution in [2.24, 2.45) is 0 Å². The Morgan fingerprint density at radius 1 is 0.417 bits per heavy atom. The Kier molecular flexibility index (Phi) is 897. The standard InChI is InChI=1S/C6H5.8C2H5.H2N.Ni/c1-2-4-6-5-3-1;8*1-2;;/h1-5H;8*1H2,2H3;1H2;/q10*-1;. The van der Waals surface area contributed by atoms with Crippen molar-refractivity contribution in [2.45, 2.75) is 55.4 Å². The van der Waals surface area contributed by atoms with Gasteiger partial charge in [0, 0.05) is 16.5 Å². The third-order valence-electron chi connectivity index (χ3n) is 0.607. The van der Waals surface area contributed by atoms with Crippen LogP contribution in [0.5, 0.6) is 0 Å². The van der Waals surface area contributed by atoms with Crippen molar-refractivity contribution in [1.82, 2.24) is 0 Å². The Labute approximate surface area is 169 Å². The number of hydrogen-bond acceptors (Lipinski definition) is 0. The Hall–Kier alpha value is -0.326. The monoisotopic (exact) mass is 383 g/mol. The summed E-state index contributed by atoms with van der Waals surface area (Å²) in [6.45, 7) is 40.0. The van der Waals surface area contributed by atoms with Gasteiger partial charge >= 0.3 is 0 Å². The summed E-state index contributed by atoms with van der Waals surface area (Å²) in [5.74, 6) is 0. The van der Waals surface area contributed by atoms with E-state index in [-0.39, 0.29) is 22.6 Å². The smallest absolute Gasteiger partial charge is 0 e. The zero-order valence-electron chi connectivity index (χ0n) is 17.9. The Morgan fingerprint density at radius 2 is 0.583 bits per heavy atom. The number of benzene rings is 1. The summed E-state index contributed by atoms with van der Waals surface area (Å²) >= 11 is 0. The molecule has 0 bridgehead atoms. The molecule has 0 aliphatic heterocycles. The number of nitrogens with two attached hydrogens (primary N) is 1. The molecule has 0 spiro atoms. The third-order valence-corrected chi connectivity index (χ3v) is 0.607. The first-order chi connectivity index (χ1) is 11.0. The molecule has 160 valence electrons. The van der Waals surface area contributed by atoms with Crippen molar-refractivity contribution >= 4 is 0 Å². The van der Waals surface area contributed by atoms with E-state index >= 15 is 0 Å². The van der Waals surface area contributed by atoms with E-state index in [2.05, 4.69) is 61.5 Å². The second-order valence-electron chi connectivity index (χ2n) is 1.08. The number of hydrogen-bond donors (Lipinski definition) is 0. The van der Waals surface area contributed by atoms with Crippen molar-refractivity contribution in [3.05, 3.63) is 97.9 Å². The molecule has 0 saturated carbocycles. The van der Waals surface area contributed by atoms with Gasteiger partial charge in [0.05, 0.1) is 0 Å². The van der Waals surface area contributed by atoms with Gasteiger partial charge in [-0.3, -0.25) is 0 Å². The average molecular weight is 384 g/mol. The SMILES string of the molecule is [CH2-]C.[CH2-]C.[CH2-]C.[CH2-]C.[CH2-]C.[CH2-]C.[CH2-]C.[CH2-]C.[NH2-].[Ni].[c-]1ccccc1. The second-order valence-corrected chi connectivity index (χ2v) is 1.08. The van der Waals surface area contributed by atoms with Gasteiger partial charge in [-0.1, -0.05) is 0 Å². The molecule has 24 heavy (non-hydrogen) atoms. The van der Waals surface area contributed by atoms with Gasteiger partial charge in [0.1, 0.15) is 0 Å². The first-order valence-corrected chi connectivity index (χ1v) is 7.57. The van der Waals surface area contributed by atoms with Crippen LogP contribution in [0.15, 0.2) is 30.3 Å². The first-order valence-electron chi connectivity index (χ1n) is 7.57. The minimum Gasteiger partial charge on any atom is -0.693 e. The minimum absolute atomic E-state index is 0. The van der Waals surface area contributed by atoms with Crippen LogP contribution in [-0.4, -0.2) is 0 Å². The molecule has 2 N–H and O–H groups in total. The fourth-order valence-corrected chi connectivity index (χ4v) is 0.342. The van der Waals surface area contributed by atoms with Crippen molar-refractivity contribution in [3.63, 3.8) is 0 Å². The summed E-state index contributed by atoms with van der Waals surface area (Å²) in [5, 5.41) is 0. The van der Waals surface area contributed by atoms with E-state index in [0.29, 0.717) is 0 Å². The molecule has 0 unspecified atom stereocenters. The Morgan fingerprint density at radius 3 is 0.625 bits per heavy atom. The molecule has 0 atom stereocenters. The molecule has 0 saturated heterocycles. The van der Waals surface area contributed by atoms with Gasteiger partial charge in [0.2, 0.25) is 0 Å². The maximum Gasteiger partial charge on any atom is 0 e. The molecule has 0 radical (unpaired) electrons. The quantitative estimate of drug-likeness (QED) is 0.316. The van der Waals surface area contributed by atoms with Gasteiger partial charge < -0.3 is 61.5 Å².